The van der Waals surface area contributed by atoms with Crippen molar-refractivity contribution in [3.8, 4) is 0 Å². The van der Waals surface area contributed by atoms with Gasteiger partial charge in [0.05, 0.1) is 15.9 Å². The van der Waals surface area contributed by atoms with E-state index in [4.69, 9.17) is 0 Å². The van der Waals surface area contributed by atoms with Gasteiger partial charge in [0.25, 0.3) is 0 Å². The molecule has 6 heteroatoms. The van der Waals surface area contributed by atoms with Gasteiger partial charge in [-0.05, 0) is 50.8 Å². The topological polar surface area (TPSA) is 54.5 Å². The third kappa shape index (κ3) is 5.64. The lowest BCUT2D eigenvalue weighted by Gasteiger charge is -2.26. The Hall–Kier alpha value is -1.79. The Balaban J connectivity index is 1.77. The van der Waals surface area contributed by atoms with E-state index in [0.717, 1.165) is 18.4 Å². The van der Waals surface area contributed by atoms with Crippen LogP contribution in [0.15, 0.2) is 58.3 Å². The molecule has 1 atom stereocenters. The maximum Gasteiger partial charge on any atom is 0.236 e. The lowest BCUT2D eigenvalue weighted by molar-refractivity contribution is -0.131. The minimum atomic E-state index is -3.34. The van der Waals surface area contributed by atoms with Crippen LogP contribution in [0.5, 0.6) is 0 Å². The largest absolute Gasteiger partial charge is 0.334 e. The van der Waals surface area contributed by atoms with Gasteiger partial charge in [-0.1, -0.05) is 48.9 Å². The molecular weight excluding hydrogens is 402 g/mol. The molecule has 29 heavy (non-hydrogen) atoms. The lowest BCUT2D eigenvalue weighted by atomic mass is 10.1. The second-order valence-electron chi connectivity index (χ2n) is 7.71. The van der Waals surface area contributed by atoms with Gasteiger partial charge in [0.2, 0.25) is 5.91 Å². The Labute approximate surface area is 178 Å². The number of carbonyl (C=O) groups excluding carboxylic acids is 1. The number of amides is 1. The fourth-order valence-electron chi connectivity index (χ4n) is 3.44. The number of sulfone groups is 1. The van der Waals surface area contributed by atoms with Gasteiger partial charge in [-0.15, -0.1) is 11.8 Å². The van der Waals surface area contributed by atoms with Crippen LogP contribution >= 0.6 is 11.8 Å². The summed E-state index contributed by atoms with van der Waals surface area (Å²) >= 11 is 1.35. The molecular formula is C23H29NO3S2. The quantitative estimate of drug-likeness (QED) is 0.533. The first-order chi connectivity index (χ1) is 13.8. The average molecular weight is 432 g/mol. The van der Waals surface area contributed by atoms with Crippen LogP contribution in [0.4, 0.5) is 0 Å². The molecule has 0 spiro atoms. The van der Waals surface area contributed by atoms with E-state index < -0.39 is 9.84 Å². The number of aryl methyl sites for hydroxylation is 1. The Morgan fingerprint density at radius 2 is 1.90 bits per heavy atom. The van der Waals surface area contributed by atoms with Gasteiger partial charge >= 0.3 is 0 Å². The molecule has 1 amide bonds. The third-order valence-corrected chi connectivity index (χ3v) is 8.28. The Morgan fingerprint density at radius 3 is 2.55 bits per heavy atom. The summed E-state index contributed by atoms with van der Waals surface area (Å²) in [5, 5.41) is -0.349. The maximum absolute atomic E-state index is 13.3. The highest BCUT2D eigenvalue weighted by Crippen LogP contribution is 2.35. The first-order valence-corrected chi connectivity index (χ1v) is 12.7. The summed E-state index contributed by atoms with van der Waals surface area (Å²) in [6.45, 7) is 6.39. The fourth-order valence-corrected chi connectivity index (χ4v) is 6.34. The number of nitrogens with zero attached hydrogens (tertiary/aromatic N) is 1. The van der Waals surface area contributed by atoms with Crippen molar-refractivity contribution < 1.29 is 13.2 Å². The van der Waals surface area contributed by atoms with Crippen molar-refractivity contribution in [1.29, 1.82) is 0 Å². The zero-order valence-electron chi connectivity index (χ0n) is 17.3. The van der Waals surface area contributed by atoms with Crippen molar-refractivity contribution in [1.82, 2.24) is 4.90 Å². The summed E-state index contributed by atoms with van der Waals surface area (Å²) in [5.41, 5.74) is 2.32. The molecule has 2 aromatic rings. The zero-order chi connectivity index (χ0) is 21.0. The number of carbonyl (C=O) groups is 1. The van der Waals surface area contributed by atoms with Crippen molar-refractivity contribution in [3.63, 3.8) is 0 Å². The SMILES string of the molecule is CCCS(=O)(=O)c1ccccc1SC(C)C(=O)N(Cc1cccc(C)c1)C1CC1. The van der Waals surface area contributed by atoms with Crippen LogP contribution in [-0.2, 0) is 21.2 Å². The van der Waals surface area contributed by atoms with E-state index in [9.17, 15) is 13.2 Å². The predicted molar refractivity (Wildman–Crippen MR) is 119 cm³/mol. The second-order valence-corrected chi connectivity index (χ2v) is 11.2. The minimum absolute atomic E-state index is 0.0710. The van der Waals surface area contributed by atoms with Gasteiger partial charge < -0.3 is 4.90 Å². The molecule has 1 unspecified atom stereocenters. The van der Waals surface area contributed by atoms with Crippen molar-refractivity contribution in [2.75, 3.05) is 5.75 Å². The smallest absolute Gasteiger partial charge is 0.236 e. The van der Waals surface area contributed by atoms with Gasteiger partial charge in [0.1, 0.15) is 0 Å². The van der Waals surface area contributed by atoms with E-state index in [1.165, 1.54) is 17.3 Å². The molecule has 0 aromatic heterocycles. The Morgan fingerprint density at radius 1 is 1.17 bits per heavy atom. The number of hydrogen-bond donors (Lipinski definition) is 0. The molecule has 4 nitrogen and oxygen atoms in total. The van der Waals surface area contributed by atoms with E-state index in [1.54, 1.807) is 18.2 Å². The highest BCUT2D eigenvalue weighted by Gasteiger charge is 2.35. The van der Waals surface area contributed by atoms with Crippen LogP contribution in [0.3, 0.4) is 0 Å². The van der Waals surface area contributed by atoms with Gasteiger partial charge in [-0.25, -0.2) is 8.42 Å². The maximum atomic E-state index is 13.3. The van der Waals surface area contributed by atoms with Crippen molar-refractivity contribution in [2.45, 2.75) is 67.7 Å². The van der Waals surface area contributed by atoms with E-state index in [1.807, 2.05) is 30.9 Å². The molecule has 0 aliphatic heterocycles. The first-order valence-electron chi connectivity index (χ1n) is 10.2. The van der Waals surface area contributed by atoms with Crippen molar-refractivity contribution in [3.05, 3.63) is 59.7 Å². The summed E-state index contributed by atoms with van der Waals surface area (Å²) in [7, 11) is -3.34. The number of rotatable bonds is 9. The third-order valence-electron chi connectivity index (χ3n) is 5.01. The summed E-state index contributed by atoms with van der Waals surface area (Å²) in [4.78, 5) is 16.2. The van der Waals surface area contributed by atoms with Crippen LogP contribution in [-0.4, -0.2) is 36.3 Å². The molecule has 2 aromatic carbocycles. The number of benzene rings is 2. The molecule has 0 N–H and O–H groups in total. The summed E-state index contributed by atoms with van der Waals surface area (Å²) < 4.78 is 25.2. The summed E-state index contributed by atoms with van der Waals surface area (Å²) in [5.74, 6) is 0.191. The second kappa shape index (κ2) is 9.35. The van der Waals surface area contributed by atoms with Crippen molar-refractivity contribution in [2.24, 2.45) is 0 Å². The highest BCUT2D eigenvalue weighted by molar-refractivity contribution is 8.01. The zero-order valence-corrected chi connectivity index (χ0v) is 18.9. The summed E-state index contributed by atoms with van der Waals surface area (Å²) in [6.07, 6.45) is 2.65. The van der Waals surface area contributed by atoms with E-state index in [0.29, 0.717) is 28.8 Å². The molecule has 1 saturated carbocycles. The van der Waals surface area contributed by atoms with Gasteiger partial charge in [0, 0.05) is 17.5 Å². The lowest BCUT2D eigenvalue weighted by Crippen LogP contribution is -2.37. The number of hydrogen-bond acceptors (Lipinski definition) is 4. The molecule has 0 saturated heterocycles. The average Bonchev–Trinajstić information content (AvgIpc) is 3.51. The standard InChI is InChI=1S/C23H29NO3S2/c1-4-14-29(26,27)22-11-6-5-10-21(22)28-18(3)23(25)24(20-12-13-20)16-19-9-7-8-17(2)15-19/h5-11,15,18,20H,4,12-14,16H2,1-3H3. The molecule has 3 rings (SSSR count). The molecule has 1 aliphatic rings. The van der Waals surface area contributed by atoms with Crippen LogP contribution in [0, 0.1) is 6.92 Å². The Kier molecular flexibility index (Phi) is 7.06. The predicted octanol–water partition coefficient (Wildman–Crippen LogP) is 4.85. The van der Waals surface area contributed by atoms with E-state index in [-0.39, 0.29) is 16.9 Å². The van der Waals surface area contributed by atoms with Crippen LogP contribution in [0.25, 0.3) is 0 Å². The van der Waals surface area contributed by atoms with E-state index >= 15 is 0 Å². The number of thioether (sulfide) groups is 1. The van der Waals surface area contributed by atoms with Crippen LogP contribution < -0.4 is 0 Å². The van der Waals surface area contributed by atoms with Gasteiger partial charge in [-0.2, -0.15) is 0 Å². The van der Waals surface area contributed by atoms with Gasteiger partial charge in [-0.3, -0.25) is 4.79 Å². The summed E-state index contributed by atoms with van der Waals surface area (Å²) in [6, 6.07) is 15.6. The van der Waals surface area contributed by atoms with Gasteiger partial charge in [0.15, 0.2) is 9.84 Å². The fraction of sp³-hybridized carbons (Fsp3) is 0.435. The first kappa shape index (κ1) is 21.9. The van der Waals surface area contributed by atoms with Crippen LogP contribution in [0.1, 0.15) is 44.2 Å². The monoisotopic (exact) mass is 431 g/mol. The molecule has 0 bridgehead atoms. The molecule has 156 valence electrons. The molecule has 1 fully saturated rings. The minimum Gasteiger partial charge on any atom is -0.334 e. The highest BCUT2D eigenvalue weighted by atomic mass is 32.2. The van der Waals surface area contributed by atoms with Crippen LogP contribution in [0.2, 0.25) is 0 Å². The Bertz CT molecular complexity index is 968. The molecule has 0 radical (unpaired) electrons. The van der Waals surface area contributed by atoms with Crippen molar-refractivity contribution >= 4 is 27.5 Å². The normalized spacial score (nSPS) is 15.1. The molecule has 0 heterocycles. The molecule has 1 aliphatic carbocycles. The van der Waals surface area contributed by atoms with E-state index in [2.05, 4.69) is 25.1 Å².